The quantitative estimate of drug-likeness (QED) is 0.167. The third kappa shape index (κ3) is 5.69. The molecule has 2 heterocycles. The van der Waals surface area contributed by atoms with Crippen LogP contribution in [0.1, 0.15) is 49.9 Å². The molecule has 0 N–H and O–H groups in total. The molecule has 11 aromatic rings. The van der Waals surface area contributed by atoms with E-state index in [2.05, 4.69) is 253 Å². The molecular formula is C60H45BrN2. The molecule has 0 fully saturated rings. The molecule has 0 amide bonds. The molecule has 63 heavy (non-hydrogen) atoms. The van der Waals surface area contributed by atoms with Crippen LogP contribution in [0.4, 0.5) is 0 Å². The predicted molar refractivity (Wildman–Crippen MR) is 270 cm³/mol. The van der Waals surface area contributed by atoms with E-state index in [-0.39, 0.29) is 10.8 Å². The van der Waals surface area contributed by atoms with Crippen LogP contribution >= 0.6 is 15.9 Å². The fraction of sp³-hybridized carbons (Fsp3) is 0.100. The molecule has 13 rings (SSSR count). The summed E-state index contributed by atoms with van der Waals surface area (Å²) in [4.78, 5) is 0. The van der Waals surface area contributed by atoms with Gasteiger partial charge in [-0.1, -0.05) is 171 Å². The highest BCUT2D eigenvalue weighted by molar-refractivity contribution is 9.10. The van der Waals surface area contributed by atoms with Crippen molar-refractivity contribution in [3.63, 3.8) is 0 Å². The molecule has 3 heteroatoms. The molecule has 2 aliphatic carbocycles. The lowest BCUT2D eigenvalue weighted by Crippen LogP contribution is -2.15. The van der Waals surface area contributed by atoms with Crippen molar-refractivity contribution < 1.29 is 0 Å². The topological polar surface area (TPSA) is 9.86 Å². The molecule has 0 saturated carbocycles. The van der Waals surface area contributed by atoms with Crippen molar-refractivity contribution in [1.82, 2.24) is 9.13 Å². The van der Waals surface area contributed by atoms with Crippen LogP contribution in [-0.2, 0) is 10.8 Å². The van der Waals surface area contributed by atoms with Gasteiger partial charge in [-0.15, -0.1) is 0 Å². The highest BCUT2D eigenvalue weighted by Crippen LogP contribution is 2.51. The summed E-state index contributed by atoms with van der Waals surface area (Å²) in [7, 11) is 0. The standard InChI is InChI=1S/C45H32N2.C15H13Br/c1-45(2)39-17-9-6-14-33(39)34-23-22-32(28-40(34)45)47-42-19-11-8-16-36(42)38-27-30(21-25-44(38)47)29-20-24-43-37(26-29)35-15-7-10-18-41(35)46(43)31-12-4-3-5-13-31;1-15(2)13-6-4-3-5-11(13)12-8-7-10(16)9-14(12)15/h3-28H,1-2H3;3-9H,1-2H3. The van der Waals surface area contributed by atoms with E-state index in [0.717, 1.165) is 4.47 Å². The zero-order valence-electron chi connectivity index (χ0n) is 35.8. The van der Waals surface area contributed by atoms with E-state index < -0.39 is 0 Å². The number of para-hydroxylation sites is 3. The molecule has 2 nitrogen and oxygen atoms in total. The van der Waals surface area contributed by atoms with Crippen LogP contribution in [0.25, 0.3) is 88.4 Å². The average molecular weight is 874 g/mol. The van der Waals surface area contributed by atoms with Gasteiger partial charge in [-0.2, -0.15) is 0 Å². The highest BCUT2D eigenvalue weighted by Gasteiger charge is 2.36. The molecule has 0 saturated heterocycles. The summed E-state index contributed by atoms with van der Waals surface area (Å²) in [6.45, 7) is 9.30. The Morgan fingerprint density at radius 1 is 0.317 bits per heavy atom. The average Bonchev–Trinajstić information content (AvgIpc) is 3.98. The molecular weight excluding hydrogens is 829 g/mol. The minimum atomic E-state index is -0.0455. The largest absolute Gasteiger partial charge is 0.309 e. The van der Waals surface area contributed by atoms with E-state index >= 15 is 0 Å². The van der Waals surface area contributed by atoms with Gasteiger partial charge < -0.3 is 9.13 Å². The number of benzene rings is 9. The highest BCUT2D eigenvalue weighted by atomic mass is 79.9. The van der Waals surface area contributed by atoms with Crippen LogP contribution in [0.5, 0.6) is 0 Å². The second kappa shape index (κ2) is 14.0. The second-order valence-corrected chi connectivity index (χ2v) is 19.2. The van der Waals surface area contributed by atoms with Gasteiger partial charge in [0, 0.05) is 48.2 Å². The van der Waals surface area contributed by atoms with E-state index in [9.17, 15) is 0 Å². The first-order valence-electron chi connectivity index (χ1n) is 22.0. The van der Waals surface area contributed by atoms with Gasteiger partial charge >= 0.3 is 0 Å². The lowest BCUT2D eigenvalue weighted by Gasteiger charge is -2.22. The van der Waals surface area contributed by atoms with E-state index in [0.29, 0.717) is 0 Å². The van der Waals surface area contributed by atoms with Gasteiger partial charge in [0.2, 0.25) is 0 Å². The molecule has 0 bridgehead atoms. The zero-order valence-corrected chi connectivity index (χ0v) is 37.4. The Morgan fingerprint density at radius 2 is 0.746 bits per heavy atom. The van der Waals surface area contributed by atoms with Gasteiger partial charge in [0.05, 0.1) is 22.1 Å². The van der Waals surface area contributed by atoms with Gasteiger partial charge in [-0.05, 0) is 128 Å². The maximum Gasteiger partial charge on any atom is 0.0541 e. The Balaban J connectivity index is 0.000000221. The molecule has 9 aromatic carbocycles. The van der Waals surface area contributed by atoms with E-state index in [1.54, 1.807) is 0 Å². The molecule has 0 atom stereocenters. The van der Waals surface area contributed by atoms with Crippen molar-refractivity contribution in [3.8, 4) is 44.8 Å². The summed E-state index contributed by atoms with van der Waals surface area (Å²) in [5.74, 6) is 0. The van der Waals surface area contributed by atoms with Crippen LogP contribution < -0.4 is 0 Å². The number of nitrogens with zero attached hydrogens (tertiary/aromatic N) is 2. The van der Waals surface area contributed by atoms with Gasteiger partial charge in [0.1, 0.15) is 0 Å². The van der Waals surface area contributed by atoms with Crippen LogP contribution in [-0.4, -0.2) is 9.13 Å². The lowest BCUT2D eigenvalue weighted by molar-refractivity contribution is 0.660. The Bertz CT molecular complexity index is 3640. The summed E-state index contributed by atoms with van der Waals surface area (Å²) in [6.07, 6.45) is 0. The van der Waals surface area contributed by atoms with Crippen LogP contribution in [0.15, 0.2) is 205 Å². The zero-order chi connectivity index (χ0) is 42.6. The van der Waals surface area contributed by atoms with Crippen molar-refractivity contribution in [2.75, 3.05) is 0 Å². The Kier molecular flexibility index (Phi) is 8.42. The summed E-state index contributed by atoms with van der Waals surface area (Å²) in [5.41, 5.74) is 20.9. The molecule has 0 unspecified atom stereocenters. The van der Waals surface area contributed by atoms with Crippen molar-refractivity contribution in [2.45, 2.75) is 38.5 Å². The SMILES string of the molecule is CC1(C)c2ccccc2-c2ccc(-n3c4ccccc4c4cc(-c5ccc6c(c5)c5ccccc5n6-c5ccccc5)ccc43)cc21.CC1(C)c2ccccc2-c2ccc(Br)cc21. The van der Waals surface area contributed by atoms with Gasteiger partial charge in [0.25, 0.3) is 0 Å². The molecule has 0 aliphatic heterocycles. The van der Waals surface area contributed by atoms with E-state index in [1.807, 2.05) is 0 Å². The maximum atomic E-state index is 3.56. The first-order valence-corrected chi connectivity index (χ1v) is 22.7. The van der Waals surface area contributed by atoms with Gasteiger partial charge in [-0.25, -0.2) is 0 Å². The van der Waals surface area contributed by atoms with Crippen molar-refractivity contribution in [1.29, 1.82) is 0 Å². The lowest BCUT2D eigenvalue weighted by atomic mass is 9.82. The van der Waals surface area contributed by atoms with Crippen LogP contribution in [0, 0.1) is 0 Å². The number of hydrogen-bond acceptors (Lipinski definition) is 0. The van der Waals surface area contributed by atoms with Gasteiger partial charge in [-0.3, -0.25) is 0 Å². The fourth-order valence-electron chi connectivity index (χ4n) is 10.9. The molecule has 0 spiro atoms. The van der Waals surface area contributed by atoms with Crippen molar-refractivity contribution in [2.24, 2.45) is 0 Å². The van der Waals surface area contributed by atoms with Crippen molar-refractivity contribution >= 4 is 59.5 Å². The number of halogens is 1. The van der Waals surface area contributed by atoms with Crippen LogP contribution in [0.2, 0.25) is 0 Å². The number of hydrogen-bond donors (Lipinski definition) is 0. The third-order valence-electron chi connectivity index (χ3n) is 14.1. The first kappa shape index (κ1) is 37.8. The second-order valence-electron chi connectivity index (χ2n) is 18.3. The monoisotopic (exact) mass is 872 g/mol. The predicted octanol–water partition coefficient (Wildman–Crippen LogP) is 16.6. The summed E-state index contributed by atoms with van der Waals surface area (Å²) in [5, 5.41) is 5.08. The third-order valence-corrected chi connectivity index (χ3v) is 14.6. The molecule has 302 valence electrons. The number of aromatic nitrogens is 2. The summed E-state index contributed by atoms with van der Waals surface area (Å²) in [6, 6.07) is 73.4. The Labute approximate surface area is 376 Å². The summed E-state index contributed by atoms with van der Waals surface area (Å²) < 4.78 is 5.98. The Morgan fingerprint density at radius 3 is 1.32 bits per heavy atom. The maximum absolute atomic E-state index is 3.56. The minimum absolute atomic E-state index is 0.0455. The molecule has 0 radical (unpaired) electrons. The molecule has 2 aliphatic rings. The molecule has 2 aromatic heterocycles. The number of rotatable bonds is 3. The van der Waals surface area contributed by atoms with E-state index in [4.69, 9.17) is 0 Å². The Hall–Kier alpha value is -6.94. The fourth-order valence-corrected chi connectivity index (χ4v) is 11.3. The summed E-state index contributed by atoms with van der Waals surface area (Å²) >= 11 is 3.56. The van der Waals surface area contributed by atoms with Crippen LogP contribution in [0.3, 0.4) is 0 Å². The minimum Gasteiger partial charge on any atom is -0.309 e. The smallest absolute Gasteiger partial charge is 0.0541 e. The van der Waals surface area contributed by atoms with E-state index in [1.165, 1.54) is 111 Å². The van der Waals surface area contributed by atoms with Gasteiger partial charge in [0.15, 0.2) is 0 Å². The van der Waals surface area contributed by atoms with Crippen molar-refractivity contribution in [3.05, 3.63) is 227 Å². The first-order chi connectivity index (χ1) is 30.7. The number of fused-ring (bicyclic) bond motifs is 12. The normalized spacial score (nSPS) is 14.0.